The Balaban J connectivity index is 1.60. The van der Waals surface area contributed by atoms with Crippen LogP contribution in [0.1, 0.15) is 24.8 Å². The fraction of sp³-hybridized carbons (Fsp3) is 0.467. The SMILES string of the molecule is Cc1ccc(-c2nc(SC[C@H]3CCCCO3)n[nH]2)cc1. The third-order valence-electron chi connectivity index (χ3n) is 3.46. The van der Waals surface area contributed by atoms with E-state index in [4.69, 9.17) is 4.74 Å². The Bertz CT molecular complexity index is 547. The molecule has 3 rings (SSSR count). The van der Waals surface area contributed by atoms with Crippen LogP contribution in [0.2, 0.25) is 0 Å². The van der Waals surface area contributed by atoms with E-state index < -0.39 is 0 Å². The molecule has 1 N–H and O–H groups in total. The number of aryl methyl sites for hydroxylation is 1. The zero-order valence-corrected chi connectivity index (χ0v) is 12.4. The maximum absolute atomic E-state index is 5.72. The fourth-order valence-corrected chi connectivity index (χ4v) is 3.12. The van der Waals surface area contributed by atoms with Crippen LogP contribution in [0.3, 0.4) is 0 Å². The Morgan fingerprint density at radius 2 is 2.15 bits per heavy atom. The van der Waals surface area contributed by atoms with Crippen molar-refractivity contribution in [1.82, 2.24) is 15.2 Å². The van der Waals surface area contributed by atoms with Crippen LogP contribution in [-0.4, -0.2) is 33.6 Å². The summed E-state index contributed by atoms with van der Waals surface area (Å²) in [6, 6.07) is 8.30. The van der Waals surface area contributed by atoms with Gasteiger partial charge in [-0.25, -0.2) is 4.98 Å². The van der Waals surface area contributed by atoms with Gasteiger partial charge in [0.2, 0.25) is 5.16 Å². The highest BCUT2D eigenvalue weighted by molar-refractivity contribution is 7.99. The van der Waals surface area contributed by atoms with E-state index in [-0.39, 0.29) is 0 Å². The smallest absolute Gasteiger partial charge is 0.208 e. The standard InChI is InChI=1S/C15H19N3OS/c1-11-5-7-12(8-6-11)14-16-15(18-17-14)20-10-13-4-2-3-9-19-13/h5-8,13H,2-4,9-10H2,1H3,(H,16,17,18)/t13-/m1/s1. The zero-order valence-electron chi connectivity index (χ0n) is 11.6. The molecule has 0 unspecified atom stereocenters. The van der Waals surface area contributed by atoms with Crippen molar-refractivity contribution in [2.75, 3.05) is 12.4 Å². The largest absolute Gasteiger partial charge is 0.377 e. The van der Waals surface area contributed by atoms with Crippen molar-refractivity contribution in [2.45, 2.75) is 37.4 Å². The topological polar surface area (TPSA) is 50.8 Å². The molecule has 2 aromatic rings. The first-order valence-electron chi connectivity index (χ1n) is 7.05. The molecule has 2 heterocycles. The maximum Gasteiger partial charge on any atom is 0.208 e. The number of ether oxygens (including phenoxy) is 1. The number of hydrogen-bond donors (Lipinski definition) is 1. The van der Waals surface area contributed by atoms with Crippen LogP contribution in [0, 0.1) is 6.92 Å². The first-order chi connectivity index (χ1) is 9.81. The van der Waals surface area contributed by atoms with Gasteiger partial charge in [-0.15, -0.1) is 5.10 Å². The lowest BCUT2D eigenvalue weighted by atomic mass is 10.1. The quantitative estimate of drug-likeness (QED) is 0.876. The summed E-state index contributed by atoms with van der Waals surface area (Å²) in [5.41, 5.74) is 2.32. The minimum atomic E-state index is 0.357. The molecule has 0 bridgehead atoms. The third-order valence-corrected chi connectivity index (χ3v) is 4.44. The molecular weight excluding hydrogens is 270 g/mol. The summed E-state index contributed by atoms with van der Waals surface area (Å²) in [5, 5.41) is 8.08. The van der Waals surface area contributed by atoms with Crippen LogP contribution >= 0.6 is 11.8 Å². The normalized spacial score (nSPS) is 19.1. The Morgan fingerprint density at radius 1 is 1.30 bits per heavy atom. The number of hydrogen-bond acceptors (Lipinski definition) is 4. The number of aromatic nitrogens is 3. The van der Waals surface area contributed by atoms with E-state index in [1.807, 2.05) is 0 Å². The van der Waals surface area contributed by atoms with Gasteiger partial charge in [-0.05, 0) is 26.2 Å². The molecule has 20 heavy (non-hydrogen) atoms. The van der Waals surface area contributed by atoms with Crippen LogP contribution in [-0.2, 0) is 4.74 Å². The van der Waals surface area contributed by atoms with Gasteiger partial charge >= 0.3 is 0 Å². The number of rotatable bonds is 4. The monoisotopic (exact) mass is 289 g/mol. The van der Waals surface area contributed by atoms with E-state index >= 15 is 0 Å². The molecule has 106 valence electrons. The molecule has 5 heteroatoms. The molecule has 0 radical (unpaired) electrons. The fourth-order valence-electron chi connectivity index (χ4n) is 2.26. The highest BCUT2D eigenvalue weighted by Gasteiger charge is 2.15. The van der Waals surface area contributed by atoms with E-state index in [1.54, 1.807) is 11.8 Å². The second-order valence-electron chi connectivity index (χ2n) is 5.13. The molecule has 0 spiro atoms. The lowest BCUT2D eigenvalue weighted by molar-refractivity contribution is 0.0315. The van der Waals surface area contributed by atoms with Crippen LogP contribution in [0.5, 0.6) is 0 Å². The number of nitrogens with zero attached hydrogens (tertiary/aromatic N) is 2. The van der Waals surface area contributed by atoms with Crippen LogP contribution < -0.4 is 0 Å². The Labute approximate surface area is 123 Å². The minimum absolute atomic E-state index is 0.357. The molecule has 1 aromatic heterocycles. The van der Waals surface area contributed by atoms with Crippen molar-refractivity contribution in [3.63, 3.8) is 0 Å². The number of benzene rings is 1. The van der Waals surface area contributed by atoms with E-state index in [9.17, 15) is 0 Å². The second kappa shape index (κ2) is 6.41. The van der Waals surface area contributed by atoms with Gasteiger partial charge in [0, 0.05) is 17.9 Å². The maximum atomic E-state index is 5.72. The molecule has 1 aliphatic heterocycles. The van der Waals surface area contributed by atoms with Gasteiger partial charge in [0.15, 0.2) is 5.82 Å². The van der Waals surface area contributed by atoms with Gasteiger partial charge in [-0.2, -0.15) is 0 Å². The van der Waals surface area contributed by atoms with E-state index in [1.165, 1.54) is 18.4 Å². The van der Waals surface area contributed by atoms with Crippen molar-refractivity contribution >= 4 is 11.8 Å². The third kappa shape index (κ3) is 3.41. The van der Waals surface area contributed by atoms with E-state index in [0.29, 0.717) is 6.10 Å². The number of H-pyrrole nitrogens is 1. The van der Waals surface area contributed by atoms with Crippen LogP contribution in [0.25, 0.3) is 11.4 Å². The van der Waals surface area contributed by atoms with Crippen LogP contribution in [0.15, 0.2) is 29.4 Å². The Hall–Kier alpha value is -1.33. The summed E-state index contributed by atoms with van der Waals surface area (Å²) >= 11 is 1.67. The van der Waals surface area contributed by atoms with Gasteiger partial charge < -0.3 is 4.74 Å². The minimum Gasteiger partial charge on any atom is -0.377 e. The molecule has 1 atom stereocenters. The molecule has 1 saturated heterocycles. The number of nitrogens with one attached hydrogen (secondary N) is 1. The van der Waals surface area contributed by atoms with E-state index in [0.717, 1.165) is 35.3 Å². The summed E-state index contributed by atoms with van der Waals surface area (Å²) in [5.74, 6) is 1.77. The first kappa shape index (κ1) is 13.6. The van der Waals surface area contributed by atoms with Gasteiger partial charge in [-0.1, -0.05) is 41.6 Å². The predicted octanol–water partition coefficient (Wildman–Crippen LogP) is 3.44. The van der Waals surface area contributed by atoms with Gasteiger partial charge in [0.05, 0.1) is 6.10 Å². The summed E-state index contributed by atoms with van der Waals surface area (Å²) in [6.07, 6.45) is 3.98. The highest BCUT2D eigenvalue weighted by Crippen LogP contribution is 2.23. The molecule has 4 nitrogen and oxygen atoms in total. The summed E-state index contributed by atoms with van der Waals surface area (Å²) in [6.45, 7) is 2.98. The Kier molecular flexibility index (Phi) is 4.38. The van der Waals surface area contributed by atoms with Crippen molar-refractivity contribution in [2.24, 2.45) is 0 Å². The predicted molar refractivity (Wildman–Crippen MR) is 80.9 cm³/mol. The van der Waals surface area contributed by atoms with Crippen molar-refractivity contribution in [3.05, 3.63) is 29.8 Å². The Morgan fingerprint density at radius 3 is 2.90 bits per heavy atom. The highest BCUT2D eigenvalue weighted by atomic mass is 32.2. The van der Waals surface area contributed by atoms with E-state index in [2.05, 4.69) is 46.4 Å². The van der Waals surface area contributed by atoms with Crippen molar-refractivity contribution in [1.29, 1.82) is 0 Å². The molecule has 1 aliphatic rings. The molecule has 1 fully saturated rings. The summed E-state index contributed by atoms with van der Waals surface area (Å²) < 4.78 is 5.72. The van der Waals surface area contributed by atoms with Crippen molar-refractivity contribution in [3.8, 4) is 11.4 Å². The average molecular weight is 289 g/mol. The van der Waals surface area contributed by atoms with Gasteiger partial charge in [-0.3, -0.25) is 5.10 Å². The van der Waals surface area contributed by atoms with Crippen LogP contribution in [0.4, 0.5) is 0 Å². The molecule has 0 amide bonds. The van der Waals surface area contributed by atoms with Gasteiger partial charge in [0.1, 0.15) is 0 Å². The zero-order chi connectivity index (χ0) is 13.8. The number of thioether (sulfide) groups is 1. The molecule has 1 aromatic carbocycles. The lowest BCUT2D eigenvalue weighted by Crippen LogP contribution is -2.21. The molecule has 0 saturated carbocycles. The van der Waals surface area contributed by atoms with Crippen molar-refractivity contribution < 1.29 is 4.74 Å². The van der Waals surface area contributed by atoms with Gasteiger partial charge in [0.25, 0.3) is 0 Å². The summed E-state index contributed by atoms with van der Waals surface area (Å²) in [4.78, 5) is 4.54. The second-order valence-corrected chi connectivity index (χ2v) is 6.12. The average Bonchev–Trinajstić information content (AvgIpc) is 2.96. The molecular formula is C15H19N3OS. The number of aromatic amines is 1. The lowest BCUT2D eigenvalue weighted by Gasteiger charge is -2.21. The summed E-state index contributed by atoms with van der Waals surface area (Å²) in [7, 11) is 0. The molecule has 0 aliphatic carbocycles. The first-order valence-corrected chi connectivity index (χ1v) is 8.04.